The van der Waals surface area contributed by atoms with Gasteiger partial charge in [0.05, 0.1) is 18.8 Å². The van der Waals surface area contributed by atoms with Gasteiger partial charge in [-0.15, -0.1) is 0 Å². The van der Waals surface area contributed by atoms with Crippen LogP contribution in [0.3, 0.4) is 0 Å². The lowest BCUT2D eigenvalue weighted by atomic mass is 9.93. The van der Waals surface area contributed by atoms with Gasteiger partial charge >= 0.3 is 0 Å². The lowest BCUT2D eigenvalue weighted by Crippen LogP contribution is -2.23. The van der Waals surface area contributed by atoms with Gasteiger partial charge in [-0.3, -0.25) is 0 Å². The van der Waals surface area contributed by atoms with Crippen molar-refractivity contribution < 1.29 is 9.84 Å². The van der Waals surface area contributed by atoms with E-state index < -0.39 is 6.10 Å². The molecule has 0 aliphatic carbocycles. The number of rotatable bonds is 8. The summed E-state index contributed by atoms with van der Waals surface area (Å²) in [5.74, 6) is 0.314. The molecule has 0 saturated carbocycles. The average molecular weight is 310 g/mol. The molecule has 1 N–H and O–H groups in total. The first kappa shape index (κ1) is 17.5. The maximum absolute atomic E-state index is 10.4. The fraction of sp³-hybridized carbons (Fsp3) is 0.333. The van der Waals surface area contributed by atoms with Gasteiger partial charge in [0, 0.05) is 6.42 Å². The molecular formula is C21H26O2. The molecule has 23 heavy (non-hydrogen) atoms. The molecule has 0 aromatic heterocycles. The Hall–Kier alpha value is -1.90. The fourth-order valence-corrected chi connectivity index (χ4v) is 2.70. The van der Waals surface area contributed by atoms with Crippen LogP contribution in [0.4, 0.5) is 0 Å². The van der Waals surface area contributed by atoms with E-state index in [1.54, 1.807) is 0 Å². The lowest BCUT2D eigenvalue weighted by molar-refractivity contribution is 0.0285. The quantitative estimate of drug-likeness (QED) is 0.702. The van der Waals surface area contributed by atoms with Gasteiger partial charge in [0.25, 0.3) is 0 Å². The number of aliphatic hydroxyl groups is 1. The van der Waals surface area contributed by atoms with Crippen molar-refractivity contribution in [3.63, 3.8) is 0 Å². The first-order valence-corrected chi connectivity index (χ1v) is 8.14. The highest BCUT2D eigenvalue weighted by Gasteiger charge is 2.20. The van der Waals surface area contributed by atoms with Gasteiger partial charge in [0.15, 0.2) is 0 Å². The topological polar surface area (TPSA) is 29.5 Å². The van der Waals surface area contributed by atoms with E-state index in [-0.39, 0.29) is 6.10 Å². The van der Waals surface area contributed by atoms with Gasteiger partial charge in [-0.2, -0.15) is 0 Å². The van der Waals surface area contributed by atoms with E-state index in [9.17, 15) is 5.11 Å². The minimum Gasteiger partial charge on any atom is -0.388 e. The molecule has 122 valence electrons. The Morgan fingerprint density at radius 3 is 2.13 bits per heavy atom. The van der Waals surface area contributed by atoms with Crippen LogP contribution in [0.2, 0.25) is 0 Å². The van der Waals surface area contributed by atoms with Crippen molar-refractivity contribution in [2.75, 3.05) is 0 Å². The minimum atomic E-state index is -0.537. The molecule has 0 amide bonds. The molecule has 0 bridgehead atoms. The van der Waals surface area contributed by atoms with Crippen LogP contribution < -0.4 is 0 Å². The molecule has 0 saturated heterocycles. The molecular weight excluding hydrogens is 284 g/mol. The van der Waals surface area contributed by atoms with E-state index in [1.165, 1.54) is 0 Å². The number of aliphatic hydroxyl groups excluding tert-OH is 1. The Morgan fingerprint density at radius 2 is 1.57 bits per heavy atom. The maximum Gasteiger partial charge on any atom is 0.0828 e. The van der Waals surface area contributed by atoms with Crippen LogP contribution in [0.25, 0.3) is 0 Å². The van der Waals surface area contributed by atoms with Crippen LogP contribution in [0, 0.1) is 5.92 Å². The second-order valence-corrected chi connectivity index (χ2v) is 6.25. The number of ether oxygens (including phenoxy) is 1. The molecule has 0 unspecified atom stereocenters. The van der Waals surface area contributed by atoms with Crippen molar-refractivity contribution in [1.82, 2.24) is 0 Å². The number of hydrogen-bond donors (Lipinski definition) is 1. The lowest BCUT2D eigenvalue weighted by Gasteiger charge is -2.25. The molecule has 0 radical (unpaired) electrons. The number of benzene rings is 2. The third-order valence-electron chi connectivity index (χ3n) is 3.92. The predicted octanol–water partition coefficient (Wildman–Crippen LogP) is 4.91. The Kier molecular flexibility index (Phi) is 6.57. The van der Waals surface area contributed by atoms with Gasteiger partial charge in [-0.25, -0.2) is 0 Å². The summed E-state index contributed by atoms with van der Waals surface area (Å²) >= 11 is 0. The highest BCUT2D eigenvalue weighted by molar-refractivity contribution is 5.20. The van der Waals surface area contributed by atoms with E-state index in [1.807, 2.05) is 48.5 Å². The van der Waals surface area contributed by atoms with Crippen LogP contribution in [-0.2, 0) is 11.3 Å². The molecule has 2 atom stereocenters. The molecule has 0 spiro atoms. The Labute approximate surface area is 139 Å². The van der Waals surface area contributed by atoms with Crippen LogP contribution in [0.15, 0.2) is 72.8 Å². The van der Waals surface area contributed by atoms with Crippen molar-refractivity contribution in [2.24, 2.45) is 5.92 Å². The zero-order valence-electron chi connectivity index (χ0n) is 14.0. The summed E-state index contributed by atoms with van der Waals surface area (Å²) < 4.78 is 6.08. The first-order chi connectivity index (χ1) is 11.1. The van der Waals surface area contributed by atoms with Crippen molar-refractivity contribution in [2.45, 2.75) is 39.1 Å². The first-order valence-electron chi connectivity index (χ1n) is 8.14. The summed E-state index contributed by atoms with van der Waals surface area (Å²) in [4.78, 5) is 0. The zero-order valence-corrected chi connectivity index (χ0v) is 14.0. The molecule has 2 aromatic carbocycles. The molecule has 2 heteroatoms. The third kappa shape index (κ3) is 5.34. The maximum atomic E-state index is 10.4. The van der Waals surface area contributed by atoms with Crippen molar-refractivity contribution >= 4 is 0 Å². The summed E-state index contributed by atoms with van der Waals surface area (Å²) in [6, 6.07) is 19.8. The average Bonchev–Trinajstić information content (AvgIpc) is 2.56. The van der Waals surface area contributed by atoms with E-state index in [2.05, 4.69) is 32.6 Å². The minimum absolute atomic E-state index is 0.0615. The second-order valence-electron chi connectivity index (χ2n) is 6.25. The molecule has 0 aliphatic rings. The number of hydrogen-bond acceptors (Lipinski definition) is 2. The molecule has 0 fully saturated rings. The highest BCUT2D eigenvalue weighted by Crippen LogP contribution is 2.26. The van der Waals surface area contributed by atoms with Crippen LogP contribution in [0.1, 0.15) is 37.5 Å². The monoisotopic (exact) mass is 310 g/mol. The van der Waals surface area contributed by atoms with Gasteiger partial charge in [0.2, 0.25) is 0 Å². The molecule has 0 aliphatic heterocycles. The Bertz CT molecular complexity index is 590. The van der Waals surface area contributed by atoms with E-state index in [4.69, 9.17) is 4.74 Å². The van der Waals surface area contributed by atoms with E-state index >= 15 is 0 Å². The summed E-state index contributed by atoms with van der Waals surface area (Å²) in [5.41, 5.74) is 3.00. The predicted molar refractivity (Wildman–Crippen MR) is 95.0 cm³/mol. The van der Waals surface area contributed by atoms with Gasteiger partial charge < -0.3 is 9.84 Å². The fourth-order valence-electron chi connectivity index (χ4n) is 2.70. The second kappa shape index (κ2) is 8.66. The third-order valence-corrected chi connectivity index (χ3v) is 3.92. The molecule has 2 nitrogen and oxygen atoms in total. The molecule has 2 aromatic rings. The zero-order chi connectivity index (χ0) is 16.7. The SMILES string of the molecule is C=C(C[C@H](O)c1ccccc1)[C@H](OCc1ccccc1)C(C)C. The largest absolute Gasteiger partial charge is 0.388 e. The van der Waals surface area contributed by atoms with Gasteiger partial charge in [-0.1, -0.05) is 81.1 Å². The van der Waals surface area contributed by atoms with Crippen molar-refractivity contribution in [3.8, 4) is 0 Å². The summed E-state index contributed by atoms with van der Waals surface area (Å²) in [5, 5.41) is 10.4. The summed E-state index contributed by atoms with van der Waals surface area (Å²) in [6.45, 7) is 8.97. The highest BCUT2D eigenvalue weighted by atomic mass is 16.5. The Balaban J connectivity index is 1.95. The van der Waals surface area contributed by atoms with E-state index in [0.717, 1.165) is 16.7 Å². The molecule has 2 rings (SSSR count). The van der Waals surface area contributed by atoms with Crippen LogP contribution in [-0.4, -0.2) is 11.2 Å². The van der Waals surface area contributed by atoms with E-state index in [0.29, 0.717) is 18.9 Å². The molecule has 0 heterocycles. The van der Waals surface area contributed by atoms with Gasteiger partial charge in [-0.05, 0) is 22.6 Å². The smallest absolute Gasteiger partial charge is 0.0828 e. The standard InChI is InChI=1S/C21H26O2/c1-16(2)21(23-15-18-10-6-4-7-11-18)17(3)14-20(22)19-12-8-5-9-13-19/h4-13,16,20-22H,3,14-15H2,1-2H3/t20-,21+/m0/s1. The van der Waals surface area contributed by atoms with Crippen molar-refractivity contribution in [3.05, 3.63) is 83.9 Å². The summed E-state index contributed by atoms with van der Waals surface area (Å²) in [6.07, 6.45) is -0.0828. The van der Waals surface area contributed by atoms with Crippen molar-refractivity contribution in [1.29, 1.82) is 0 Å². The normalized spacial score (nSPS) is 13.7. The Morgan fingerprint density at radius 1 is 1.00 bits per heavy atom. The summed E-state index contributed by atoms with van der Waals surface area (Å²) in [7, 11) is 0. The van der Waals surface area contributed by atoms with Gasteiger partial charge in [0.1, 0.15) is 0 Å². The van der Waals surface area contributed by atoms with Crippen LogP contribution in [0.5, 0.6) is 0 Å². The van der Waals surface area contributed by atoms with Crippen LogP contribution >= 0.6 is 0 Å².